The first-order valence-corrected chi connectivity index (χ1v) is 10.5. The summed E-state index contributed by atoms with van der Waals surface area (Å²) in [5.74, 6) is 0.756. The maximum absolute atomic E-state index is 12.3. The number of benzene rings is 1. The van der Waals surface area contributed by atoms with Crippen molar-refractivity contribution >= 4 is 15.9 Å². The molecule has 7 heteroatoms. The molecule has 1 aliphatic heterocycles. The minimum Gasteiger partial charge on any atom is -0.352 e. The third-order valence-electron chi connectivity index (χ3n) is 4.83. The summed E-state index contributed by atoms with van der Waals surface area (Å²) in [5, 5.41) is 8.17. The van der Waals surface area contributed by atoms with Gasteiger partial charge in [-0.3, -0.25) is 4.79 Å². The first-order chi connectivity index (χ1) is 11.8. The van der Waals surface area contributed by atoms with Crippen LogP contribution in [0.15, 0.2) is 29.2 Å². The maximum Gasteiger partial charge on any atom is 0.238 e. The number of likely N-dealkylation sites (tertiary alicyclic amines) is 1. The molecule has 1 saturated heterocycles. The lowest BCUT2D eigenvalue weighted by Gasteiger charge is -2.33. The van der Waals surface area contributed by atoms with Crippen LogP contribution in [0.3, 0.4) is 0 Å². The van der Waals surface area contributed by atoms with Crippen molar-refractivity contribution in [3.8, 4) is 0 Å². The Morgan fingerprint density at radius 3 is 2.40 bits per heavy atom. The Labute approximate surface area is 150 Å². The third-order valence-corrected chi connectivity index (χ3v) is 5.76. The first kappa shape index (κ1) is 19.9. The quantitative estimate of drug-likeness (QED) is 0.764. The van der Waals surface area contributed by atoms with Crippen molar-refractivity contribution in [3.63, 3.8) is 0 Å². The number of amides is 1. The first-order valence-electron chi connectivity index (χ1n) is 8.91. The summed E-state index contributed by atoms with van der Waals surface area (Å²) in [6, 6.07) is 6.27. The lowest BCUT2D eigenvalue weighted by molar-refractivity contribution is -0.121. The van der Waals surface area contributed by atoms with Crippen LogP contribution in [-0.4, -0.2) is 44.9 Å². The van der Waals surface area contributed by atoms with E-state index < -0.39 is 10.0 Å². The van der Waals surface area contributed by atoms with Crippen LogP contribution in [0.1, 0.15) is 38.7 Å². The zero-order chi connectivity index (χ0) is 18.4. The van der Waals surface area contributed by atoms with E-state index in [4.69, 9.17) is 5.14 Å². The summed E-state index contributed by atoms with van der Waals surface area (Å²) in [6.45, 7) is 7.46. The van der Waals surface area contributed by atoms with Crippen molar-refractivity contribution in [2.75, 3.05) is 19.6 Å². The molecule has 1 amide bonds. The zero-order valence-electron chi connectivity index (χ0n) is 15.1. The minimum absolute atomic E-state index is 0.0411. The highest BCUT2D eigenvalue weighted by Gasteiger charge is 2.20. The monoisotopic (exact) mass is 367 g/mol. The van der Waals surface area contributed by atoms with Gasteiger partial charge in [-0.1, -0.05) is 26.0 Å². The molecule has 1 fully saturated rings. The molecule has 140 valence electrons. The van der Waals surface area contributed by atoms with Gasteiger partial charge in [0.25, 0.3) is 0 Å². The summed E-state index contributed by atoms with van der Waals surface area (Å²) in [4.78, 5) is 14.8. The Hall–Kier alpha value is -1.44. The average molecular weight is 368 g/mol. The van der Waals surface area contributed by atoms with Gasteiger partial charge >= 0.3 is 0 Å². The number of nitrogens with zero attached hydrogens (tertiary/aromatic N) is 1. The summed E-state index contributed by atoms with van der Waals surface area (Å²) in [5.41, 5.74) is 0.770. The summed E-state index contributed by atoms with van der Waals surface area (Å²) in [6.07, 6.45) is 3.57. The molecule has 6 nitrogen and oxygen atoms in total. The summed E-state index contributed by atoms with van der Waals surface area (Å²) < 4.78 is 22.5. The van der Waals surface area contributed by atoms with Crippen molar-refractivity contribution in [1.82, 2.24) is 10.2 Å². The van der Waals surface area contributed by atoms with E-state index in [1.165, 1.54) is 25.0 Å². The standard InChI is InChI=1S/C18H29N3O3S/c1-3-16(13-21-10-8-14(2)9-11-21)20-18(22)12-15-4-6-17(7-5-15)25(19,23)24/h4-7,14,16H,3,8-13H2,1-2H3,(H,20,22)(H2,19,23,24)/t16-/m0/s1. The van der Waals surface area contributed by atoms with E-state index in [9.17, 15) is 13.2 Å². The van der Waals surface area contributed by atoms with Crippen LogP contribution >= 0.6 is 0 Å². The van der Waals surface area contributed by atoms with Crippen molar-refractivity contribution < 1.29 is 13.2 Å². The van der Waals surface area contributed by atoms with E-state index in [-0.39, 0.29) is 23.3 Å². The van der Waals surface area contributed by atoms with Gasteiger partial charge in [0.1, 0.15) is 0 Å². The fourth-order valence-electron chi connectivity index (χ4n) is 3.09. The van der Waals surface area contributed by atoms with Gasteiger partial charge in [0.15, 0.2) is 0 Å². The molecule has 1 aromatic rings. The molecule has 0 aliphatic carbocycles. The number of rotatable bonds is 7. The number of hydrogen-bond donors (Lipinski definition) is 2. The Morgan fingerprint density at radius 1 is 1.28 bits per heavy atom. The number of carbonyl (C=O) groups excluding carboxylic acids is 1. The number of piperidine rings is 1. The predicted octanol–water partition coefficient (Wildman–Crippen LogP) is 1.50. The highest BCUT2D eigenvalue weighted by Crippen LogP contribution is 2.16. The molecule has 1 aliphatic rings. The Kier molecular flexibility index (Phi) is 6.98. The number of sulfonamides is 1. The van der Waals surface area contributed by atoms with E-state index in [1.54, 1.807) is 12.1 Å². The van der Waals surface area contributed by atoms with Gasteiger partial charge in [-0.05, 0) is 56.0 Å². The molecule has 0 spiro atoms. The molecular formula is C18H29N3O3S. The highest BCUT2D eigenvalue weighted by atomic mass is 32.2. The van der Waals surface area contributed by atoms with E-state index >= 15 is 0 Å². The van der Waals surface area contributed by atoms with E-state index in [1.807, 2.05) is 0 Å². The van der Waals surface area contributed by atoms with E-state index in [2.05, 4.69) is 24.1 Å². The van der Waals surface area contributed by atoms with Crippen LogP contribution in [0.5, 0.6) is 0 Å². The number of hydrogen-bond acceptors (Lipinski definition) is 4. The summed E-state index contributed by atoms with van der Waals surface area (Å²) in [7, 11) is -3.70. The minimum atomic E-state index is -3.70. The molecule has 0 bridgehead atoms. The molecule has 1 atom stereocenters. The number of primary sulfonamides is 1. The zero-order valence-corrected chi connectivity index (χ0v) is 15.9. The highest BCUT2D eigenvalue weighted by molar-refractivity contribution is 7.89. The smallest absolute Gasteiger partial charge is 0.238 e. The lowest BCUT2D eigenvalue weighted by atomic mass is 9.98. The molecule has 0 radical (unpaired) electrons. The van der Waals surface area contributed by atoms with Gasteiger partial charge in [-0.2, -0.15) is 0 Å². The second-order valence-corrected chi connectivity index (χ2v) is 8.58. The molecule has 0 saturated carbocycles. The lowest BCUT2D eigenvalue weighted by Crippen LogP contribution is -2.46. The van der Waals surface area contributed by atoms with Gasteiger partial charge in [0.05, 0.1) is 11.3 Å². The van der Waals surface area contributed by atoms with Crippen LogP contribution in [0, 0.1) is 5.92 Å². The Bertz CT molecular complexity index is 665. The summed E-state index contributed by atoms with van der Waals surface area (Å²) >= 11 is 0. The topological polar surface area (TPSA) is 92.5 Å². The normalized spacial score (nSPS) is 18.0. The fourth-order valence-corrected chi connectivity index (χ4v) is 3.61. The molecular weight excluding hydrogens is 338 g/mol. The van der Waals surface area contributed by atoms with Crippen LogP contribution in [0.2, 0.25) is 0 Å². The van der Waals surface area contributed by atoms with Gasteiger partial charge in [0.2, 0.25) is 15.9 Å². The van der Waals surface area contributed by atoms with E-state index in [0.717, 1.165) is 37.5 Å². The van der Waals surface area contributed by atoms with Gasteiger partial charge in [-0.15, -0.1) is 0 Å². The second-order valence-electron chi connectivity index (χ2n) is 7.02. The molecule has 25 heavy (non-hydrogen) atoms. The Balaban J connectivity index is 1.85. The Morgan fingerprint density at radius 2 is 1.88 bits per heavy atom. The molecule has 3 N–H and O–H groups in total. The van der Waals surface area contributed by atoms with Crippen LogP contribution < -0.4 is 10.5 Å². The van der Waals surface area contributed by atoms with E-state index in [0.29, 0.717) is 0 Å². The van der Waals surface area contributed by atoms with Crippen molar-refractivity contribution in [3.05, 3.63) is 29.8 Å². The van der Waals surface area contributed by atoms with Gasteiger partial charge < -0.3 is 10.2 Å². The fraction of sp³-hybridized carbons (Fsp3) is 0.611. The molecule has 2 rings (SSSR count). The molecule has 0 aromatic heterocycles. The number of carbonyl (C=O) groups is 1. The third kappa shape index (κ3) is 6.41. The van der Waals surface area contributed by atoms with Crippen molar-refractivity contribution in [1.29, 1.82) is 0 Å². The van der Waals surface area contributed by atoms with Crippen molar-refractivity contribution in [2.45, 2.75) is 50.5 Å². The second kappa shape index (κ2) is 8.78. The van der Waals surface area contributed by atoms with Crippen molar-refractivity contribution in [2.24, 2.45) is 11.1 Å². The predicted molar refractivity (Wildman–Crippen MR) is 98.6 cm³/mol. The van der Waals surface area contributed by atoms with Crippen LogP contribution in [0.4, 0.5) is 0 Å². The SMILES string of the molecule is CC[C@@H](CN1CCC(C)CC1)NC(=O)Cc1ccc(S(N)(=O)=O)cc1. The average Bonchev–Trinajstić information content (AvgIpc) is 2.56. The molecule has 0 unspecified atom stereocenters. The maximum atomic E-state index is 12.3. The van der Waals surface area contributed by atoms with Crippen LogP contribution in [-0.2, 0) is 21.2 Å². The largest absolute Gasteiger partial charge is 0.352 e. The van der Waals surface area contributed by atoms with Crippen LogP contribution in [0.25, 0.3) is 0 Å². The molecule has 1 heterocycles. The van der Waals surface area contributed by atoms with Gasteiger partial charge in [0, 0.05) is 12.6 Å². The number of nitrogens with two attached hydrogens (primary N) is 1. The number of nitrogens with one attached hydrogen (secondary N) is 1. The molecule has 1 aromatic carbocycles. The van der Waals surface area contributed by atoms with Gasteiger partial charge in [-0.25, -0.2) is 13.6 Å².